The third-order valence-electron chi connectivity index (χ3n) is 5.33. The first-order valence-electron chi connectivity index (χ1n) is 11.3. The quantitative estimate of drug-likeness (QED) is 0.230. The molecular weight excluding hydrogens is 540 g/mol. The molecule has 4 aromatic rings. The number of halogens is 6. The van der Waals surface area contributed by atoms with E-state index in [0.717, 1.165) is 17.5 Å². The monoisotopic (exact) mass is 559 g/mol. The molecule has 0 aliphatic heterocycles. The maximum atomic E-state index is 13.2. The topological polar surface area (TPSA) is 92.2 Å². The van der Waals surface area contributed by atoms with E-state index in [1.807, 2.05) is 6.07 Å². The number of rotatable bonds is 4. The Hall–Kier alpha value is -4.92. The van der Waals surface area contributed by atoms with Crippen molar-refractivity contribution in [2.45, 2.75) is 25.3 Å². The number of carbonyl (C=O) groups is 2. The molecule has 0 aliphatic rings. The molecule has 206 valence electrons. The third kappa shape index (κ3) is 7.57. The van der Waals surface area contributed by atoms with Gasteiger partial charge >= 0.3 is 18.3 Å². The number of hydrogen-bond acceptors (Lipinski definition) is 4. The van der Waals surface area contributed by atoms with E-state index < -0.39 is 35.8 Å². The van der Waals surface area contributed by atoms with Gasteiger partial charge in [-0.25, -0.2) is 4.79 Å². The number of alkyl halides is 6. The summed E-state index contributed by atoms with van der Waals surface area (Å²) in [5.41, 5.74) is 1.73. The van der Waals surface area contributed by atoms with Crippen LogP contribution in [0.3, 0.4) is 0 Å². The van der Waals surface area contributed by atoms with Gasteiger partial charge in [-0.2, -0.15) is 26.3 Å². The van der Waals surface area contributed by atoms with Gasteiger partial charge in [0.05, 0.1) is 22.8 Å². The zero-order chi connectivity index (χ0) is 29.5. The largest absolute Gasteiger partial charge is 0.490 e. The number of nitrogens with one attached hydrogen (secondary N) is 1. The van der Waals surface area contributed by atoms with Crippen molar-refractivity contribution in [2.24, 2.45) is 0 Å². The summed E-state index contributed by atoms with van der Waals surface area (Å²) in [6, 6.07) is 16.1. The lowest BCUT2D eigenvalue weighted by Crippen LogP contribution is -2.30. The Morgan fingerprint density at radius 3 is 2.12 bits per heavy atom. The summed E-state index contributed by atoms with van der Waals surface area (Å²) in [5.74, 6) is 2.58. The second kappa shape index (κ2) is 12.3. The van der Waals surface area contributed by atoms with E-state index in [-0.39, 0.29) is 0 Å². The predicted molar refractivity (Wildman–Crippen MR) is 133 cm³/mol. The lowest BCUT2D eigenvalue weighted by atomic mass is 9.97. The highest BCUT2D eigenvalue weighted by Gasteiger charge is 2.38. The normalized spacial score (nSPS) is 11.9. The molecule has 1 unspecified atom stereocenters. The highest BCUT2D eigenvalue weighted by atomic mass is 19.4. The van der Waals surface area contributed by atoms with E-state index in [4.69, 9.17) is 9.90 Å². The number of benzene rings is 2. The molecular formula is C28H19F6N3O3. The van der Waals surface area contributed by atoms with Crippen LogP contribution in [0.25, 0.3) is 10.9 Å². The number of pyridine rings is 2. The predicted octanol–water partition coefficient (Wildman–Crippen LogP) is 6.17. The van der Waals surface area contributed by atoms with Gasteiger partial charge in [0.2, 0.25) is 0 Å². The van der Waals surface area contributed by atoms with Crippen molar-refractivity contribution in [1.29, 1.82) is 0 Å². The molecule has 2 aromatic heterocycles. The summed E-state index contributed by atoms with van der Waals surface area (Å²) in [4.78, 5) is 30.7. The van der Waals surface area contributed by atoms with Gasteiger partial charge in [0.15, 0.2) is 0 Å². The molecule has 0 bridgehead atoms. The van der Waals surface area contributed by atoms with Crippen molar-refractivity contribution in [3.05, 3.63) is 107 Å². The Labute approximate surface area is 223 Å². The minimum atomic E-state index is -5.08. The summed E-state index contributed by atoms with van der Waals surface area (Å²) in [6.45, 7) is 1.67. The molecule has 0 radical (unpaired) electrons. The second-order valence-corrected chi connectivity index (χ2v) is 8.05. The first-order valence-corrected chi connectivity index (χ1v) is 11.3. The fraction of sp³-hybridized carbons (Fsp3) is 0.143. The Morgan fingerprint density at radius 1 is 0.900 bits per heavy atom. The first kappa shape index (κ1) is 29.6. The number of hydrogen-bond donors (Lipinski definition) is 2. The lowest BCUT2D eigenvalue weighted by Gasteiger charge is -2.21. The van der Waals surface area contributed by atoms with Crippen LogP contribution in [0.4, 0.5) is 26.3 Å². The fourth-order valence-corrected chi connectivity index (χ4v) is 3.48. The number of carboxylic acids is 1. The van der Waals surface area contributed by atoms with E-state index >= 15 is 0 Å². The summed E-state index contributed by atoms with van der Waals surface area (Å²) < 4.78 is 70.9. The Bertz CT molecular complexity index is 1570. The molecule has 12 heteroatoms. The zero-order valence-corrected chi connectivity index (χ0v) is 20.5. The van der Waals surface area contributed by atoms with Crippen LogP contribution in [0.15, 0.2) is 79.1 Å². The lowest BCUT2D eigenvalue weighted by molar-refractivity contribution is -0.192. The van der Waals surface area contributed by atoms with Crippen LogP contribution < -0.4 is 5.32 Å². The van der Waals surface area contributed by atoms with Crippen molar-refractivity contribution in [1.82, 2.24) is 15.3 Å². The highest BCUT2D eigenvalue weighted by Crippen LogP contribution is 2.31. The molecule has 0 aliphatic carbocycles. The van der Waals surface area contributed by atoms with E-state index in [9.17, 15) is 31.1 Å². The van der Waals surface area contributed by atoms with Gasteiger partial charge in [0, 0.05) is 28.9 Å². The van der Waals surface area contributed by atoms with Crippen LogP contribution in [0.2, 0.25) is 0 Å². The molecule has 1 atom stereocenters. The van der Waals surface area contributed by atoms with Crippen molar-refractivity contribution in [3.63, 3.8) is 0 Å². The standard InChI is InChI=1S/C26H18F3N3O.C2HF3O2/c1-2-5-18-7-4-15-31-23(18)24(19-10-12-21(13-11-19)26(27,28)29)32-25(33)20-9-8-17-6-3-14-30-22(17)16-20;3-2(4,5)1(6)7/h3-4,6-16,24H,1H3,(H,32,33);(H,6,7). The Morgan fingerprint density at radius 2 is 1.52 bits per heavy atom. The third-order valence-corrected chi connectivity index (χ3v) is 5.33. The zero-order valence-electron chi connectivity index (χ0n) is 20.5. The first-order chi connectivity index (χ1) is 18.8. The van der Waals surface area contributed by atoms with Crippen molar-refractivity contribution < 1.29 is 41.0 Å². The maximum Gasteiger partial charge on any atom is 0.490 e. The molecule has 1 amide bonds. The van der Waals surface area contributed by atoms with Crippen LogP contribution in [0.1, 0.15) is 45.7 Å². The summed E-state index contributed by atoms with van der Waals surface area (Å²) in [6.07, 6.45) is -6.35. The van der Waals surface area contributed by atoms with E-state index in [0.29, 0.717) is 27.9 Å². The van der Waals surface area contributed by atoms with Crippen LogP contribution in [-0.2, 0) is 11.0 Å². The van der Waals surface area contributed by atoms with Gasteiger partial charge in [-0.3, -0.25) is 14.8 Å². The molecule has 0 saturated heterocycles. The van der Waals surface area contributed by atoms with Gasteiger partial charge in [-0.15, -0.1) is 5.92 Å². The van der Waals surface area contributed by atoms with Crippen molar-refractivity contribution >= 4 is 22.8 Å². The van der Waals surface area contributed by atoms with E-state index in [1.165, 1.54) is 12.1 Å². The fourth-order valence-electron chi connectivity index (χ4n) is 3.48. The van der Waals surface area contributed by atoms with Crippen LogP contribution in [-0.4, -0.2) is 33.1 Å². The average molecular weight is 559 g/mol. The van der Waals surface area contributed by atoms with Crippen LogP contribution >= 0.6 is 0 Å². The number of fused-ring (bicyclic) bond motifs is 1. The Balaban J connectivity index is 0.000000559. The number of amides is 1. The van der Waals surface area contributed by atoms with Gasteiger partial charge in [0.1, 0.15) is 0 Å². The Kier molecular flexibility index (Phi) is 9.11. The summed E-state index contributed by atoms with van der Waals surface area (Å²) in [5, 5.41) is 10.9. The second-order valence-electron chi connectivity index (χ2n) is 8.05. The molecule has 6 nitrogen and oxygen atoms in total. The molecule has 40 heavy (non-hydrogen) atoms. The molecule has 0 spiro atoms. The smallest absolute Gasteiger partial charge is 0.475 e. The molecule has 0 saturated carbocycles. The maximum absolute atomic E-state index is 13.2. The molecule has 2 heterocycles. The van der Waals surface area contributed by atoms with E-state index in [1.54, 1.807) is 55.7 Å². The summed E-state index contributed by atoms with van der Waals surface area (Å²) >= 11 is 0. The SMILES string of the molecule is CC#Cc1cccnc1C(NC(=O)c1ccc2cccnc2c1)c1ccc(C(F)(F)F)cc1.O=C(O)C(F)(F)F. The van der Waals surface area contributed by atoms with Crippen LogP contribution in [0.5, 0.6) is 0 Å². The summed E-state index contributed by atoms with van der Waals surface area (Å²) in [7, 11) is 0. The molecule has 2 N–H and O–H groups in total. The van der Waals surface area contributed by atoms with Gasteiger partial charge in [0.25, 0.3) is 5.91 Å². The van der Waals surface area contributed by atoms with Gasteiger partial charge < -0.3 is 10.4 Å². The van der Waals surface area contributed by atoms with Crippen molar-refractivity contribution in [3.8, 4) is 11.8 Å². The van der Waals surface area contributed by atoms with Gasteiger partial charge in [-0.1, -0.05) is 30.2 Å². The number of aromatic nitrogens is 2. The van der Waals surface area contributed by atoms with E-state index in [2.05, 4.69) is 27.1 Å². The average Bonchev–Trinajstić information content (AvgIpc) is 2.91. The minimum absolute atomic E-state index is 0.372. The highest BCUT2D eigenvalue weighted by molar-refractivity contribution is 5.98. The number of aliphatic carboxylic acids is 1. The van der Waals surface area contributed by atoms with Gasteiger partial charge in [-0.05, 0) is 55.0 Å². The van der Waals surface area contributed by atoms with Crippen LogP contribution in [0, 0.1) is 11.8 Å². The molecule has 4 rings (SSSR count). The number of carbonyl (C=O) groups excluding carboxylic acids is 1. The minimum Gasteiger partial charge on any atom is -0.475 e. The molecule has 2 aromatic carbocycles. The number of nitrogens with zero attached hydrogens (tertiary/aromatic N) is 2. The number of carboxylic acid groups (broad SMARTS) is 1. The molecule has 0 fully saturated rings. The van der Waals surface area contributed by atoms with Crippen molar-refractivity contribution in [2.75, 3.05) is 0 Å².